The van der Waals surface area contributed by atoms with E-state index >= 15 is 0 Å². The van der Waals surface area contributed by atoms with Crippen LogP contribution in [0, 0.1) is 11.3 Å². The molecular formula is C35H32N2O6. The van der Waals surface area contributed by atoms with E-state index in [4.69, 9.17) is 18.9 Å². The molecule has 0 fully saturated rings. The highest BCUT2D eigenvalue weighted by Crippen LogP contribution is 2.40. The van der Waals surface area contributed by atoms with Gasteiger partial charge in [0.2, 0.25) is 6.10 Å². The van der Waals surface area contributed by atoms with E-state index in [1.807, 2.05) is 72.8 Å². The maximum absolute atomic E-state index is 14.4. The predicted octanol–water partition coefficient (Wildman–Crippen LogP) is 5.78. The number of carbonyl (C=O) groups excluding carboxylic acids is 2. The standard InChI is InChI=1S/C35H32N2O6/c1-3-41-35(39)30-20-29-27(16-19-31(40-2)33(29)42-23-25-10-6-4-7-11-25)22-37(30)34(38)32(26-12-8-5-9-13-26)43-28-17-14-24(21-36)15-18-28/h4-19,30,32H,3,20,22-23H2,1-2H3. The monoisotopic (exact) mass is 576 g/mol. The molecule has 1 aliphatic heterocycles. The van der Waals surface area contributed by atoms with Gasteiger partial charge in [0.25, 0.3) is 5.91 Å². The second-order valence-corrected chi connectivity index (χ2v) is 9.99. The van der Waals surface area contributed by atoms with E-state index in [1.165, 1.54) is 4.90 Å². The Morgan fingerprint density at radius 2 is 1.65 bits per heavy atom. The van der Waals surface area contributed by atoms with Crippen LogP contribution >= 0.6 is 0 Å². The Bertz CT molecular complexity index is 1600. The number of rotatable bonds is 10. The zero-order valence-corrected chi connectivity index (χ0v) is 24.1. The van der Waals surface area contributed by atoms with Crippen LogP contribution in [0.25, 0.3) is 0 Å². The lowest BCUT2D eigenvalue weighted by Crippen LogP contribution is -2.51. The summed E-state index contributed by atoms with van der Waals surface area (Å²) in [6.07, 6.45) is -0.862. The van der Waals surface area contributed by atoms with Crippen molar-refractivity contribution in [2.45, 2.75) is 38.6 Å². The van der Waals surface area contributed by atoms with Gasteiger partial charge < -0.3 is 23.8 Å². The average Bonchev–Trinajstić information content (AvgIpc) is 3.06. The van der Waals surface area contributed by atoms with Crippen LogP contribution in [-0.4, -0.2) is 36.5 Å². The first-order valence-corrected chi connectivity index (χ1v) is 14.1. The van der Waals surface area contributed by atoms with Crippen molar-refractivity contribution in [3.63, 3.8) is 0 Å². The zero-order chi connectivity index (χ0) is 30.2. The Balaban J connectivity index is 1.51. The fraction of sp³-hybridized carbons (Fsp3) is 0.229. The summed E-state index contributed by atoms with van der Waals surface area (Å²) >= 11 is 0. The first kappa shape index (κ1) is 29.2. The second kappa shape index (κ2) is 13.6. The van der Waals surface area contributed by atoms with Gasteiger partial charge in [-0.05, 0) is 48.4 Å². The minimum absolute atomic E-state index is 0.142. The van der Waals surface area contributed by atoms with Crippen LogP contribution < -0.4 is 14.2 Å². The Morgan fingerprint density at radius 1 is 0.953 bits per heavy atom. The van der Waals surface area contributed by atoms with Gasteiger partial charge in [0.15, 0.2) is 11.5 Å². The molecule has 0 radical (unpaired) electrons. The molecule has 4 aromatic carbocycles. The molecule has 0 aromatic heterocycles. The Hall–Kier alpha value is -5.29. The molecule has 0 N–H and O–H groups in total. The molecule has 5 rings (SSSR count). The molecule has 0 spiro atoms. The molecule has 218 valence electrons. The summed E-state index contributed by atoms with van der Waals surface area (Å²) in [4.78, 5) is 29.3. The van der Waals surface area contributed by atoms with Crippen molar-refractivity contribution >= 4 is 11.9 Å². The largest absolute Gasteiger partial charge is 0.493 e. The molecule has 0 aliphatic carbocycles. The molecule has 1 heterocycles. The lowest BCUT2D eigenvalue weighted by atomic mass is 9.91. The molecule has 43 heavy (non-hydrogen) atoms. The van der Waals surface area contributed by atoms with Crippen molar-refractivity contribution in [2.24, 2.45) is 0 Å². The fourth-order valence-electron chi connectivity index (χ4n) is 5.13. The Labute approximate surface area is 251 Å². The van der Waals surface area contributed by atoms with Crippen molar-refractivity contribution in [1.29, 1.82) is 5.26 Å². The molecule has 1 aliphatic rings. The summed E-state index contributed by atoms with van der Waals surface area (Å²) in [5, 5.41) is 9.18. The SMILES string of the molecule is CCOC(=O)C1Cc2c(ccc(OC)c2OCc2ccccc2)CN1C(=O)C(Oc1ccc(C#N)cc1)c1ccccc1. The fourth-order valence-corrected chi connectivity index (χ4v) is 5.13. The molecule has 0 saturated heterocycles. The maximum Gasteiger partial charge on any atom is 0.329 e. The maximum atomic E-state index is 14.4. The van der Waals surface area contributed by atoms with Crippen molar-refractivity contribution in [1.82, 2.24) is 4.90 Å². The first-order chi connectivity index (χ1) is 21.0. The van der Waals surface area contributed by atoms with E-state index in [9.17, 15) is 14.9 Å². The molecule has 8 nitrogen and oxygen atoms in total. The highest BCUT2D eigenvalue weighted by atomic mass is 16.5. The number of benzene rings is 4. The van der Waals surface area contributed by atoms with Gasteiger partial charge in [-0.3, -0.25) is 4.79 Å². The summed E-state index contributed by atoms with van der Waals surface area (Å²) in [7, 11) is 1.57. The number of fused-ring (bicyclic) bond motifs is 1. The van der Waals surface area contributed by atoms with E-state index in [1.54, 1.807) is 38.3 Å². The predicted molar refractivity (Wildman–Crippen MR) is 159 cm³/mol. The van der Waals surface area contributed by atoms with E-state index in [-0.39, 0.29) is 25.5 Å². The Kier molecular flexibility index (Phi) is 9.23. The summed E-state index contributed by atoms with van der Waals surface area (Å²) < 4.78 is 23.6. The Morgan fingerprint density at radius 3 is 2.30 bits per heavy atom. The number of hydrogen-bond donors (Lipinski definition) is 0. The molecular weight excluding hydrogens is 544 g/mol. The van der Waals surface area contributed by atoms with Crippen molar-refractivity contribution in [3.8, 4) is 23.3 Å². The highest BCUT2D eigenvalue weighted by Gasteiger charge is 2.41. The quantitative estimate of drug-likeness (QED) is 0.221. The van der Waals surface area contributed by atoms with E-state index in [0.29, 0.717) is 35.0 Å². The minimum Gasteiger partial charge on any atom is -0.493 e. The van der Waals surface area contributed by atoms with Gasteiger partial charge in [-0.25, -0.2) is 4.79 Å². The van der Waals surface area contributed by atoms with Gasteiger partial charge >= 0.3 is 5.97 Å². The van der Waals surface area contributed by atoms with Crippen molar-refractivity contribution < 1.29 is 28.5 Å². The van der Waals surface area contributed by atoms with Crippen LogP contribution in [0.15, 0.2) is 97.1 Å². The average molecular weight is 577 g/mol. The lowest BCUT2D eigenvalue weighted by molar-refractivity contribution is -0.158. The van der Waals surface area contributed by atoms with Crippen LogP contribution in [0.5, 0.6) is 17.2 Å². The smallest absolute Gasteiger partial charge is 0.329 e. The number of esters is 1. The third kappa shape index (κ3) is 6.62. The van der Waals surface area contributed by atoms with E-state index < -0.39 is 18.1 Å². The third-order valence-electron chi connectivity index (χ3n) is 7.29. The molecule has 0 bridgehead atoms. The molecule has 4 aromatic rings. The van der Waals surface area contributed by atoms with E-state index in [2.05, 4.69) is 6.07 Å². The molecule has 0 saturated carbocycles. The number of carbonyl (C=O) groups is 2. The topological polar surface area (TPSA) is 98.1 Å². The van der Waals surface area contributed by atoms with E-state index in [0.717, 1.165) is 16.7 Å². The molecule has 2 unspecified atom stereocenters. The van der Waals surface area contributed by atoms with Gasteiger partial charge in [0, 0.05) is 24.1 Å². The lowest BCUT2D eigenvalue weighted by Gasteiger charge is -2.38. The second-order valence-electron chi connectivity index (χ2n) is 9.99. The third-order valence-corrected chi connectivity index (χ3v) is 7.29. The number of hydrogen-bond acceptors (Lipinski definition) is 7. The number of ether oxygens (including phenoxy) is 4. The van der Waals surface area contributed by atoms with Crippen LogP contribution in [0.2, 0.25) is 0 Å². The van der Waals surface area contributed by atoms with Gasteiger partial charge in [-0.1, -0.05) is 66.7 Å². The van der Waals surface area contributed by atoms with Crippen LogP contribution in [-0.2, 0) is 33.9 Å². The molecule has 2 atom stereocenters. The summed E-state index contributed by atoms with van der Waals surface area (Å²) in [5.41, 5.74) is 3.73. The molecule has 1 amide bonds. The zero-order valence-electron chi connectivity index (χ0n) is 24.1. The number of nitriles is 1. The normalized spacial score (nSPS) is 14.5. The number of nitrogens with zero attached hydrogens (tertiary/aromatic N) is 2. The van der Waals surface area contributed by atoms with Crippen LogP contribution in [0.4, 0.5) is 0 Å². The van der Waals surface area contributed by atoms with Crippen molar-refractivity contribution in [2.75, 3.05) is 13.7 Å². The van der Waals surface area contributed by atoms with Gasteiger partial charge in [0.1, 0.15) is 18.4 Å². The van der Waals surface area contributed by atoms with Crippen LogP contribution in [0.3, 0.4) is 0 Å². The summed E-state index contributed by atoms with van der Waals surface area (Å²) in [5.74, 6) is 0.611. The molecule has 8 heteroatoms. The van der Waals surface area contributed by atoms with Crippen molar-refractivity contribution in [3.05, 3.63) is 125 Å². The first-order valence-electron chi connectivity index (χ1n) is 14.1. The number of methoxy groups -OCH3 is 1. The van der Waals surface area contributed by atoms with Gasteiger partial charge in [0.05, 0.1) is 25.3 Å². The number of amides is 1. The summed E-state index contributed by atoms with van der Waals surface area (Å²) in [6.45, 7) is 2.36. The summed E-state index contributed by atoms with van der Waals surface area (Å²) in [6, 6.07) is 30.3. The van der Waals surface area contributed by atoms with Crippen LogP contribution in [0.1, 0.15) is 40.8 Å². The van der Waals surface area contributed by atoms with Gasteiger partial charge in [-0.15, -0.1) is 0 Å². The highest BCUT2D eigenvalue weighted by molar-refractivity contribution is 5.89. The minimum atomic E-state index is -1.04. The van der Waals surface area contributed by atoms with Gasteiger partial charge in [-0.2, -0.15) is 5.26 Å².